The summed E-state index contributed by atoms with van der Waals surface area (Å²) >= 11 is 0. The maximum absolute atomic E-state index is 12.3. The zero-order valence-corrected chi connectivity index (χ0v) is 16.3. The van der Waals surface area contributed by atoms with Gasteiger partial charge in [0.25, 0.3) is 5.91 Å². The van der Waals surface area contributed by atoms with Gasteiger partial charge in [-0.2, -0.15) is 0 Å². The van der Waals surface area contributed by atoms with Crippen LogP contribution in [0.15, 0.2) is 24.3 Å². The van der Waals surface area contributed by atoms with Crippen LogP contribution in [0.4, 0.5) is 4.79 Å². The Morgan fingerprint density at radius 1 is 1.30 bits per heavy atom. The van der Waals surface area contributed by atoms with Crippen LogP contribution in [0.5, 0.6) is 11.5 Å². The largest absolute Gasteiger partial charge is 0.493 e. The number of carbonyl (C=O) groups is 2. The molecule has 2 N–H and O–H groups in total. The smallest absolute Gasteiger partial charge is 0.324 e. The van der Waals surface area contributed by atoms with Crippen LogP contribution in [-0.2, 0) is 4.79 Å². The van der Waals surface area contributed by atoms with E-state index < -0.39 is 18.2 Å². The highest BCUT2D eigenvalue weighted by atomic mass is 16.5. The number of benzene rings is 1. The first-order valence-corrected chi connectivity index (χ1v) is 9.09. The molecule has 148 valence electrons. The Hall–Kier alpha value is -2.54. The van der Waals surface area contributed by atoms with Crippen molar-refractivity contribution in [1.82, 2.24) is 10.2 Å². The lowest BCUT2D eigenvalue weighted by Gasteiger charge is -2.19. The van der Waals surface area contributed by atoms with E-state index in [1.54, 1.807) is 13.2 Å². The molecular weight excluding hydrogens is 348 g/mol. The molecule has 2 rings (SSSR count). The van der Waals surface area contributed by atoms with Crippen LogP contribution in [0.2, 0.25) is 0 Å². The van der Waals surface area contributed by atoms with Gasteiger partial charge in [0.2, 0.25) is 0 Å². The third kappa shape index (κ3) is 5.47. The summed E-state index contributed by atoms with van der Waals surface area (Å²) < 4.78 is 10.9. The molecule has 0 radical (unpaired) electrons. The Morgan fingerprint density at radius 3 is 2.67 bits per heavy atom. The number of hydrogen-bond acceptors (Lipinski definition) is 5. The number of carbonyl (C=O) groups excluding carboxylic acids is 2. The van der Waals surface area contributed by atoms with Crippen LogP contribution in [0.3, 0.4) is 0 Å². The molecule has 3 amide bonds. The molecule has 0 aromatic heterocycles. The van der Waals surface area contributed by atoms with Crippen molar-refractivity contribution in [3.05, 3.63) is 29.8 Å². The number of methoxy groups -OCH3 is 1. The standard InChI is InChI=1S/C20H28N2O5/c1-5-6-14-7-8-17(18(10-14)26-4)27-12-15(23)11-22-19(24)16(9-13(2)3)21-20(22)25/h5-8,10,13,15-16,23H,9,11-12H2,1-4H3,(H,21,25)/b6-5+/t15-,16-/m0/s1. The average Bonchev–Trinajstić information content (AvgIpc) is 2.87. The molecule has 0 aliphatic carbocycles. The molecule has 0 spiro atoms. The highest BCUT2D eigenvalue weighted by molar-refractivity contribution is 6.04. The first-order chi connectivity index (χ1) is 12.8. The second kappa shape index (κ2) is 9.41. The van der Waals surface area contributed by atoms with E-state index >= 15 is 0 Å². The van der Waals surface area contributed by atoms with Crippen LogP contribution in [-0.4, -0.2) is 54.4 Å². The van der Waals surface area contributed by atoms with Gasteiger partial charge in [-0.25, -0.2) is 4.79 Å². The minimum atomic E-state index is -1.00. The second-order valence-corrected chi connectivity index (χ2v) is 6.96. The van der Waals surface area contributed by atoms with Gasteiger partial charge in [0.05, 0.1) is 13.7 Å². The van der Waals surface area contributed by atoms with Crippen molar-refractivity contribution in [3.63, 3.8) is 0 Å². The second-order valence-electron chi connectivity index (χ2n) is 6.96. The molecular formula is C20H28N2O5. The lowest BCUT2D eigenvalue weighted by molar-refractivity contribution is -0.128. The van der Waals surface area contributed by atoms with E-state index in [-0.39, 0.29) is 25.0 Å². The molecule has 1 aromatic carbocycles. The number of allylic oxidation sites excluding steroid dienone is 1. The number of imide groups is 1. The maximum atomic E-state index is 12.3. The lowest BCUT2D eigenvalue weighted by atomic mass is 10.0. The Bertz CT molecular complexity index is 702. The van der Waals surface area contributed by atoms with Gasteiger partial charge in [-0.15, -0.1) is 0 Å². The van der Waals surface area contributed by atoms with E-state index in [1.807, 2.05) is 45.1 Å². The molecule has 2 atom stereocenters. The molecule has 1 saturated heterocycles. The number of nitrogens with one attached hydrogen (secondary N) is 1. The van der Waals surface area contributed by atoms with Gasteiger partial charge >= 0.3 is 6.03 Å². The molecule has 7 nitrogen and oxygen atoms in total. The van der Waals surface area contributed by atoms with Crippen molar-refractivity contribution < 1.29 is 24.2 Å². The molecule has 0 unspecified atom stereocenters. The summed E-state index contributed by atoms with van der Waals surface area (Å²) in [5.41, 5.74) is 0.970. The van der Waals surface area contributed by atoms with Crippen molar-refractivity contribution >= 4 is 18.0 Å². The fraction of sp³-hybridized carbons (Fsp3) is 0.500. The van der Waals surface area contributed by atoms with Crippen LogP contribution >= 0.6 is 0 Å². The Morgan fingerprint density at radius 2 is 2.04 bits per heavy atom. The van der Waals surface area contributed by atoms with Gasteiger partial charge in [-0.3, -0.25) is 9.69 Å². The number of aliphatic hydroxyl groups is 1. The zero-order valence-electron chi connectivity index (χ0n) is 16.3. The van der Waals surface area contributed by atoms with Gasteiger partial charge in [-0.05, 0) is 37.0 Å². The quantitative estimate of drug-likeness (QED) is 0.646. The summed E-state index contributed by atoms with van der Waals surface area (Å²) in [6, 6.07) is 4.46. The minimum absolute atomic E-state index is 0.0643. The molecule has 1 heterocycles. The number of β-amino-alcohol motifs (C(OH)–C–C–N with tert-alkyl or cyclic N) is 1. The van der Waals surface area contributed by atoms with E-state index in [9.17, 15) is 14.7 Å². The summed E-state index contributed by atoms with van der Waals surface area (Å²) in [5, 5.41) is 12.9. The van der Waals surface area contributed by atoms with Gasteiger partial charge in [0, 0.05) is 0 Å². The molecule has 0 bridgehead atoms. The van der Waals surface area contributed by atoms with Crippen molar-refractivity contribution in [2.24, 2.45) is 5.92 Å². The Labute approximate surface area is 159 Å². The predicted octanol–water partition coefficient (Wildman–Crippen LogP) is 2.43. The summed E-state index contributed by atoms with van der Waals surface area (Å²) in [6.07, 6.45) is 3.43. The van der Waals surface area contributed by atoms with Crippen molar-refractivity contribution in [2.45, 2.75) is 39.3 Å². The molecule has 1 fully saturated rings. The third-order valence-corrected chi connectivity index (χ3v) is 4.19. The number of rotatable bonds is 9. The van der Waals surface area contributed by atoms with Gasteiger partial charge in [0.1, 0.15) is 18.8 Å². The van der Waals surface area contributed by atoms with Crippen LogP contribution < -0.4 is 14.8 Å². The highest BCUT2D eigenvalue weighted by Gasteiger charge is 2.38. The van der Waals surface area contributed by atoms with Gasteiger partial charge < -0.3 is 19.9 Å². The maximum Gasteiger partial charge on any atom is 0.324 e. The number of amides is 3. The molecule has 1 aliphatic heterocycles. The minimum Gasteiger partial charge on any atom is -0.493 e. The first-order valence-electron chi connectivity index (χ1n) is 9.09. The van der Waals surface area contributed by atoms with E-state index in [0.29, 0.717) is 17.9 Å². The average molecular weight is 376 g/mol. The number of urea groups is 1. The van der Waals surface area contributed by atoms with E-state index in [2.05, 4.69) is 5.32 Å². The summed E-state index contributed by atoms with van der Waals surface area (Å²) in [6.45, 7) is 5.72. The molecule has 27 heavy (non-hydrogen) atoms. The lowest BCUT2D eigenvalue weighted by Crippen LogP contribution is -2.40. The number of aliphatic hydroxyl groups excluding tert-OH is 1. The number of nitrogens with zero attached hydrogens (tertiary/aromatic N) is 1. The normalized spacial score (nSPS) is 18.3. The van der Waals surface area contributed by atoms with Crippen molar-refractivity contribution in [1.29, 1.82) is 0 Å². The Balaban J connectivity index is 1.93. The highest BCUT2D eigenvalue weighted by Crippen LogP contribution is 2.28. The topological polar surface area (TPSA) is 88.1 Å². The van der Waals surface area contributed by atoms with Crippen LogP contribution in [0, 0.1) is 5.92 Å². The third-order valence-electron chi connectivity index (χ3n) is 4.19. The molecule has 0 saturated carbocycles. The zero-order chi connectivity index (χ0) is 20.0. The SMILES string of the molecule is C/C=C/c1ccc(OC[C@@H](O)CN2C(=O)N[C@@H](CC(C)C)C2=O)c(OC)c1. The first kappa shape index (κ1) is 20.8. The fourth-order valence-corrected chi connectivity index (χ4v) is 2.93. The van der Waals surface area contributed by atoms with Gasteiger partial charge in [0.15, 0.2) is 11.5 Å². The summed E-state index contributed by atoms with van der Waals surface area (Å²) in [7, 11) is 1.54. The molecule has 7 heteroatoms. The van der Waals surface area contributed by atoms with E-state index in [1.165, 1.54) is 0 Å². The Kier molecular flexibility index (Phi) is 7.24. The fourth-order valence-electron chi connectivity index (χ4n) is 2.93. The van der Waals surface area contributed by atoms with E-state index in [0.717, 1.165) is 10.5 Å². The summed E-state index contributed by atoms with van der Waals surface area (Å²) in [5.74, 6) is 1.01. The number of ether oxygens (including phenoxy) is 2. The summed E-state index contributed by atoms with van der Waals surface area (Å²) in [4.78, 5) is 25.4. The molecule has 1 aliphatic rings. The monoisotopic (exact) mass is 376 g/mol. The van der Waals surface area contributed by atoms with Crippen molar-refractivity contribution in [2.75, 3.05) is 20.3 Å². The van der Waals surface area contributed by atoms with Crippen LogP contribution in [0.1, 0.15) is 32.8 Å². The molecule has 1 aromatic rings. The van der Waals surface area contributed by atoms with Crippen molar-refractivity contribution in [3.8, 4) is 11.5 Å². The predicted molar refractivity (Wildman–Crippen MR) is 103 cm³/mol. The van der Waals surface area contributed by atoms with E-state index in [4.69, 9.17) is 9.47 Å². The van der Waals surface area contributed by atoms with Crippen LogP contribution in [0.25, 0.3) is 6.08 Å². The number of hydrogen-bond donors (Lipinski definition) is 2. The van der Waals surface area contributed by atoms with Gasteiger partial charge in [-0.1, -0.05) is 32.1 Å².